The molecule has 0 saturated carbocycles. The van der Waals surface area contributed by atoms with Crippen LogP contribution in [0.1, 0.15) is 31.1 Å². The quantitative estimate of drug-likeness (QED) is 0.325. The molecule has 0 fully saturated rings. The molecule has 0 saturated heterocycles. The highest BCUT2D eigenvalue weighted by Crippen LogP contribution is 2.32. The second-order valence-corrected chi connectivity index (χ2v) is 6.73. The second kappa shape index (κ2) is 10.6. The van der Waals surface area contributed by atoms with Crippen LogP contribution in [0.3, 0.4) is 0 Å². The fraction of sp³-hybridized carbons (Fsp3) is 0.556. The summed E-state index contributed by atoms with van der Waals surface area (Å²) in [5, 5.41) is 11.1. The Morgan fingerprint density at radius 1 is 1.20 bits per heavy atom. The molecule has 7 heteroatoms. The third-order valence-electron chi connectivity index (χ3n) is 3.28. The van der Waals surface area contributed by atoms with E-state index in [1.807, 2.05) is 39.8 Å². The Morgan fingerprint density at radius 3 is 2.08 bits per heavy atom. The smallest absolute Gasteiger partial charge is 0.293 e. The fourth-order valence-corrected chi connectivity index (χ4v) is 2.24. The number of rotatable bonds is 7. The maximum Gasteiger partial charge on any atom is 0.293 e. The van der Waals surface area contributed by atoms with Crippen LogP contribution in [0.4, 0.5) is 11.4 Å². The molecule has 0 unspecified atom stereocenters. The summed E-state index contributed by atoms with van der Waals surface area (Å²) in [6.45, 7) is 6.15. The summed E-state index contributed by atoms with van der Waals surface area (Å²) in [6.07, 6.45) is 0.917. The van der Waals surface area contributed by atoms with Gasteiger partial charge in [-0.05, 0) is 20.2 Å². The molecule has 140 valence electrons. The van der Waals surface area contributed by atoms with Gasteiger partial charge in [0.15, 0.2) is 5.78 Å². The van der Waals surface area contributed by atoms with E-state index in [0.717, 1.165) is 6.29 Å². The average Bonchev–Trinajstić information content (AvgIpc) is 2.52. The number of nitro benzene ring substituents is 1. The normalized spacial score (nSPS) is 11.6. The Hall–Kier alpha value is -2.28. The minimum atomic E-state index is -0.456. The molecular weight excluding hydrogens is 322 g/mol. The number of Topliss-reactive ketones (excluding diaryl/α,β-unsaturated/α-hetero) is 1. The lowest BCUT2D eigenvalue weighted by atomic mass is 9.96. The number of hydrogen-bond donors (Lipinski definition) is 0. The SMILES string of the molecule is CC(C)C=O.C[C@@H](CN(C)C)C(=O)c1cccc([N+](=O)[O-])c1N(C)C. The Kier molecular flexibility index (Phi) is 9.59. The first-order valence-corrected chi connectivity index (χ1v) is 8.11. The van der Waals surface area contributed by atoms with Crippen molar-refractivity contribution < 1.29 is 14.5 Å². The highest BCUT2D eigenvalue weighted by molar-refractivity contribution is 6.04. The number of aldehydes is 1. The Morgan fingerprint density at radius 2 is 1.72 bits per heavy atom. The summed E-state index contributed by atoms with van der Waals surface area (Å²) in [4.78, 5) is 36.2. The summed E-state index contributed by atoms with van der Waals surface area (Å²) in [5.74, 6) is -0.0909. The number of ketones is 1. The molecule has 7 nitrogen and oxygen atoms in total. The molecule has 0 N–H and O–H groups in total. The highest BCUT2D eigenvalue weighted by atomic mass is 16.6. The van der Waals surface area contributed by atoms with E-state index in [9.17, 15) is 19.7 Å². The number of carbonyl (C=O) groups excluding carboxylic acids is 2. The fourth-order valence-electron chi connectivity index (χ4n) is 2.24. The number of para-hydroxylation sites is 1. The minimum Gasteiger partial charge on any atom is -0.372 e. The zero-order chi connectivity index (χ0) is 19.7. The molecule has 1 aromatic rings. The lowest BCUT2D eigenvalue weighted by molar-refractivity contribution is -0.384. The molecular formula is C18H29N3O4. The van der Waals surface area contributed by atoms with Crippen molar-refractivity contribution in [3.8, 4) is 0 Å². The van der Waals surface area contributed by atoms with E-state index in [4.69, 9.17) is 0 Å². The minimum absolute atomic E-state index is 0.0436. The van der Waals surface area contributed by atoms with Crippen LogP contribution in [-0.4, -0.2) is 56.6 Å². The van der Waals surface area contributed by atoms with Gasteiger partial charge in [0.25, 0.3) is 5.69 Å². The first-order valence-electron chi connectivity index (χ1n) is 8.11. The van der Waals surface area contributed by atoms with Gasteiger partial charge in [-0.25, -0.2) is 0 Å². The number of anilines is 1. The van der Waals surface area contributed by atoms with Crippen LogP contribution in [-0.2, 0) is 4.79 Å². The van der Waals surface area contributed by atoms with E-state index >= 15 is 0 Å². The van der Waals surface area contributed by atoms with Crippen molar-refractivity contribution in [2.75, 3.05) is 39.6 Å². The molecule has 0 amide bonds. The summed E-state index contributed by atoms with van der Waals surface area (Å²) in [6, 6.07) is 4.63. The van der Waals surface area contributed by atoms with E-state index in [-0.39, 0.29) is 23.3 Å². The summed E-state index contributed by atoms with van der Waals surface area (Å²) >= 11 is 0. The lowest BCUT2D eigenvalue weighted by Crippen LogP contribution is -2.27. The number of nitrogens with zero attached hydrogens (tertiary/aromatic N) is 3. The van der Waals surface area contributed by atoms with Gasteiger partial charge in [0.2, 0.25) is 0 Å². The molecule has 0 spiro atoms. The monoisotopic (exact) mass is 351 g/mol. The van der Waals surface area contributed by atoms with Crippen molar-refractivity contribution in [1.82, 2.24) is 4.90 Å². The standard InChI is InChI=1S/C14H21N3O3.C4H8O/c1-10(9-15(2)3)14(18)11-7-6-8-12(17(19)20)13(11)16(4)5;1-4(2)3-5/h6-8,10H,9H2,1-5H3;3-4H,1-2H3/t10-;/m0./s1. The molecule has 25 heavy (non-hydrogen) atoms. The van der Waals surface area contributed by atoms with E-state index in [1.54, 1.807) is 31.1 Å². The van der Waals surface area contributed by atoms with Gasteiger partial charge in [-0.1, -0.05) is 26.8 Å². The van der Waals surface area contributed by atoms with E-state index in [0.29, 0.717) is 17.8 Å². The number of nitro groups is 1. The molecule has 1 rings (SSSR count). The topological polar surface area (TPSA) is 83.8 Å². The highest BCUT2D eigenvalue weighted by Gasteiger charge is 2.26. The van der Waals surface area contributed by atoms with Crippen LogP contribution >= 0.6 is 0 Å². The Labute approximate surface area is 149 Å². The van der Waals surface area contributed by atoms with Crippen molar-refractivity contribution >= 4 is 23.4 Å². The van der Waals surface area contributed by atoms with Gasteiger partial charge in [-0.2, -0.15) is 0 Å². The predicted molar refractivity (Wildman–Crippen MR) is 100 cm³/mol. The summed E-state index contributed by atoms with van der Waals surface area (Å²) < 4.78 is 0. The molecule has 0 aliphatic carbocycles. The first kappa shape index (κ1) is 22.7. The number of benzene rings is 1. The maximum absolute atomic E-state index is 12.5. The molecule has 0 bridgehead atoms. The maximum atomic E-state index is 12.5. The van der Waals surface area contributed by atoms with Crippen LogP contribution < -0.4 is 4.90 Å². The molecule has 0 radical (unpaired) electrons. The van der Waals surface area contributed by atoms with Gasteiger partial charge in [0.1, 0.15) is 12.0 Å². The van der Waals surface area contributed by atoms with Crippen LogP contribution in [0.5, 0.6) is 0 Å². The summed E-state index contributed by atoms with van der Waals surface area (Å²) in [7, 11) is 7.19. The zero-order valence-electron chi connectivity index (χ0n) is 16.1. The number of carbonyl (C=O) groups is 2. The van der Waals surface area contributed by atoms with Crippen molar-refractivity contribution in [1.29, 1.82) is 0 Å². The van der Waals surface area contributed by atoms with Crippen molar-refractivity contribution in [2.45, 2.75) is 20.8 Å². The van der Waals surface area contributed by atoms with E-state index < -0.39 is 4.92 Å². The largest absolute Gasteiger partial charge is 0.372 e. The van der Waals surface area contributed by atoms with Crippen molar-refractivity contribution in [3.05, 3.63) is 33.9 Å². The van der Waals surface area contributed by atoms with E-state index in [2.05, 4.69) is 0 Å². The summed E-state index contributed by atoms with van der Waals surface area (Å²) in [5.41, 5.74) is 0.726. The third-order valence-corrected chi connectivity index (χ3v) is 3.28. The Balaban J connectivity index is 0.00000101. The second-order valence-electron chi connectivity index (χ2n) is 6.73. The van der Waals surface area contributed by atoms with Crippen LogP contribution in [0.15, 0.2) is 18.2 Å². The molecule has 0 heterocycles. The van der Waals surface area contributed by atoms with Gasteiger partial charge in [-0.15, -0.1) is 0 Å². The van der Waals surface area contributed by atoms with Gasteiger partial charge in [0.05, 0.1) is 4.92 Å². The van der Waals surface area contributed by atoms with Crippen molar-refractivity contribution in [2.24, 2.45) is 11.8 Å². The molecule has 1 atom stereocenters. The molecule has 0 aliphatic rings. The molecule has 1 aromatic carbocycles. The molecule has 0 aliphatic heterocycles. The van der Waals surface area contributed by atoms with Crippen molar-refractivity contribution in [3.63, 3.8) is 0 Å². The van der Waals surface area contributed by atoms with Crippen LogP contribution in [0, 0.1) is 22.0 Å². The lowest BCUT2D eigenvalue weighted by Gasteiger charge is -2.20. The zero-order valence-corrected chi connectivity index (χ0v) is 16.1. The van der Waals surface area contributed by atoms with Crippen LogP contribution in [0.25, 0.3) is 0 Å². The number of hydrogen-bond acceptors (Lipinski definition) is 6. The van der Waals surface area contributed by atoms with Gasteiger partial charge < -0.3 is 14.6 Å². The van der Waals surface area contributed by atoms with Gasteiger partial charge in [0, 0.05) is 44.1 Å². The van der Waals surface area contributed by atoms with Gasteiger partial charge in [-0.3, -0.25) is 14.9 Å². The van der Waals surface area contributed by atoms with Crippen LogP contribution in [0.2, 0.25) is 0 Å². The van der Waals surface area contributed by atoms with E-state index in [1.165, 1.54) is 6.07 Å². The predicted octanol–water partition coefficient (Wildman–Crippen LogP) is 2.88. The average molecular weight is 351 g/mol. The third kappa shape index (κ3) is 7.43. The Bertz CT molecular complexity index is 598. The molecule has 0 aromatic heterocycles. The van der Waals surface area contributed by atoms with Gasteiger partial charge >= 0.3 is 0 Å². The first-order chi connectivity index (χ1) is 11.5.